The van der Waals surface area contributed by atoms with Crippen LogP contribution in [0, 0.1) is 17.6 Å². The van der Waals surface area contributed by atoms with E-state index < -0.39 is 11.6 Å². The van der Waals surface area contributed by atoms with E-state index in [4.69, 9.17) is 9.97 Å². The molecule has 1 aromatic carbocycles. The Kier molecular flexibility index (Phi) is 8.08. The average Bonchev–Trinajstić information content (AvgIpc) is 3.33. The summed E-state index contributed by atoms with van der Waals surface area (Å²) in [6, 6.07) is 4.07. The second kappa shape index (κ2) is 12.0. The molecule has 2 aliphatic carbocycles. The SMILES string of the molecule is O=C(NC1CCNCC1)C1CCC(n2c(Nc3ccc(F)cc3F)nc3cnc(NC4CCCCC4)nc32)CC1. The number of rotatable bonds is 7. The van der Waals surface area contributed by atoms with Crippen LogP contribution >= 0.6 is 0 Å². The van der Waals surface area contributed by atoms with E-state index >= 15 is 0 Å². The second-order valence-corrected chi connectivity index (χ2v) is 11.5. The highest BCUT2D eigenvalue weighted by Gasteiger charge is 2.31. The molecule has 214 valence electrons. The van der Waals surface area contributed by atoms with Crippen molar-refractivity contribution in [3.05, 3.63) is 36.0 Å². The molecular weight excluding hydrogens is 514 g/mol. The number of benzene rings is 1. The van der Waals surface area contributed by atoms with E-state index in [1.54, 1.807) is 6.20 Å². The molecule has 3 fully saturated rings. The topological polar surface area (TPSA) is 109 Å². The molecule has 1 saturated heterocycles. The maximum absolute atomic E-state index is 14.6. The maximum atomic E-state index is 14.6. The summed E-state index contributed by atoms with van der Waals surface area (Å²) in [7, 11) is 0. The lowest BCUT2D eigenvalue weighted by Crippen LogP contribution is -2.45. The molecule has 6 rings (SSSR count). The van der Waals surface area contributed by atoms with E-state index in [-0.39, 0.29) is 29.6 Å². The Labute approximate surface area is 232 Å². The van der Waals surface area contributed by atoms with Crippen molar-refractivity contribution in [2.75, 3.05) is 23.7 Å². The number of anilines is 3. The van der Waals surface area contributed by atoms with Crippen LogP contribution in [0.15, 0.2) is 24.4 Å². The number of nitrogens with zero attached hydrogens (tertiary/aromatic N) is 4. The van der Waals surface area contributed by atoms with Crippen LogP contribution in [0.4, 0.5) is 26.4 Å². The number of nitrogens with one attached hydrogen (secondary N) is 4. The van der Waals surface area contributed by atoms with Gasteiger partial charge in [-0.05, 0) is 76.6 Å². The molecule has 11 heteroatoms. The van der Waals surface area contributed by atoms with Gasteiger partial charge < -0.3 is 21.3 Å². The van der Waals surface area contributed by atoms with Crippen LogP contribution in [-0.2, 0) is 4.79 Å². The summed E-state index contributed by atoms with van der Waals surface area (Å²) in [6.45, 7) is 1.88. The summed E-state index contributed by atoms with van der Waals surface area (Å²) in [4.78, 5) is 27.1. The van der Waals surface area contributed by atoms with Gasteiger partial charge in [-0.2, -0.15) is 4.98 Å². The molecule has 0 radical (unpaired) electrons. The van der Waals surface area contributed by atoms with Crippen LogP contribution in [0.2, 0.25) is 0 Å². The summed E-state index contributed by atoms with van der Waals surface area (Å²) in [5, 5.41) is 13.2. The maximum Gasteiger partial charge on any atom is 0.224 e. The van der Waals surface area contributed by atoms with Crippen LogP contribution in [0.5, 0.6) is 0 Å². The number of aromatic nitrogens is 4. The standard InChI is InChI=1S/C29H38F2N8O/c30-19-8-11-24(23(31)16-19)36-29-37-25-17-33-28(35-20-4-2-1-3-5-20)38-26(25)39(29)22-9-6-18(7-10-22)27(40)34-21-12-14-32-15-13-21/h8,11,16-18,20-22,32H,1-7,9-10,12-15H2,(H,34,40)(H,36,37)(H,33,35,38). The fourth-order valence-electron chi connectivity index (χ4n) is 6.42. The Morgan fingerprint density at radius 1 is 0.925 bits per heavy atom. The number of carbonyl (C=O) groups is 1. The van der Waals surface area contributed by atoms with Gasteiger partial charge >= 0.3 is 0 Å². The molecule has 9 nitrogen and oxygen atoms in total. The largest absolute Gasteiger partial charge is 0.353 e. The van der Waals surface area contributed by atoms with Gasteiger partial charge in [-0.15, -0.1) is 0 Å². The smallest absolute Gasteiger partial charge is 0.224 e. The van der Waals surface area contributed by atoms with Crippen molar-refractivity contribution in [1.82, 2.24) is 30.2 Å². The van der Waals surface area contributed by atoms with Gasteiger partial charge in [0, 0.05) is 30.1 Å². The van der Waals surface area contributed by atoms with Gasteiger partial charge in [0.15, 0.2) is 5.65 Å². The van der Waals surface area contributed by atoms with E-state index in [0.29, 0.717) is 29.1 Å². The number of piperidine rings is 1. The second-order valence-electron chi connectivity index (χ2n) is 11.5. The lowest BCUT2D eigenvalue weighted by molar-refractivity contribution is -0.127. The number of carbonyl (C=O) groups excluding carboxylic acids is 1. The summed E-state index contributed by atoms with van der Waals surface area (Å²) < 4.78 is 30.2. The summed E-state index contributed by atoms with van der Waals surface area (Å²) >= 11 is 0. The molecule has 2 aromatic heterocycles. The lowest BCUT2D eigenvalue weighted by atomic mass is 9.85. The fourth-order valence-corrected chi connectivity index (χ4v) is 6.42. The summed E-state index contributed by atoms with van der Waals surface area (Å²) in [5.41, 5.74) is 1.41. The molecule has 3 aliphatic rings. The van der Waals surface area contributed by atoms with Crippen LogP contribution in [0.3, 0.4) is 0 Å². The first-order valence-corrected chi connectivity index (χ1v) is 14.8. The van der Waals surface area contributed by atoms with Gasteiger partial charge in [-0.3, -0.25) is 9.36 Å². The van der Waals surface area contributed by atoms with Crippen LogP contribution < -0.4 is 21.3 Å². The molecule has 4 N–H and O–H groups in total. The predicted molar refractivity (Wildman–Crippen MR) is 150 cm³/mol. The van der Waals surface area contributed by atoms with E-state index in [1.807, 2.05) is 4.57 Å². The zero-order valence-electron chi connectivity index (χ0n) is 22.8. The Bertz CT molecular complexity index is 1330. The summed E-state index contributed by atoms with van der Waals surface area (Å²) in [6.07, 6.45) is 12.5. The first-order chi connectivity index (χ1) is 19.5. The zero-order valence-corrected chi connectivity index (χ0v) is 22.8. The number of imidazole rings is 1. The quantitative estimate of drug-likeness (QED) is 0.319. The molecule has 3 aromatic rings. The molecular formula is C29H38F2N8O. The van der Waals surface area contributed by atoms with E-state index in [1.165, 1.54) is 31.4 Å². The van der Waals surface area contributed by atoms with Crippen LogP contribution in [0.1, 0.15) is 76.7 Å². The van der Waals surface area contributed by atoms with Crippen molar-refractivity contribution in [3.8, 4) is 0 Å². The average molecular weight is 553 g/mol. The van der Waals surface area contributed by atoms with Gasteiger partial charge in [0.2, 0.25) is 17.8 Å². The number of halogens is 2. The monoisotopic (exact) mass is 552 g/mol. The molecule has 0 atom stereocenters. The van der Waals surface area contributed by atoms with Gasteiger partial charge in [0.05, 0.1) is 11.9 Å². The third kappa shape index (κ3) is 6.04. The highest BCUT2D eigenvalue weighted by atomic mass is 19.1. The molecule has 0 bridgehead atoms. The number of hydrogen-bond donors (Lipinski definition) is 4. The minimum absolute atomic E-state index is 0.0231. The van der Waals surface area contributed by atoms with Crippen molar-refractivity contribution < 1.29 is 13.6 Å². The number of amides is 1. The van der Waals surface area contributed by atoms with E-state index in [2.05, 4.69) is 26.3 Å². The highest BCUT2D eigenvalue weighted by Crippen LogP contribution is 2.37. The fraction of sp³-hybridized carbons (Fsp3) is 0.586. The minimum atomic E-state index is -0.692. The van der Waals surface area contributed by atoms with Crippen molar-refractivity contribution >= 4 is 34.7 Å². The Hall–Kier alpha value is -3.34. The lowest BCUT2D eigenvalue weighted by Gasteiger charge is -2.31. The first kappa shape index (κ1) is 26.9. The Balaban J connectivity index is 1.24. The van der Waals surface area contributed by atoms with Crippen molar-refractivity contribution in [2.45, 2.75) is 88.8 Å². The summed E-state index contributed by atoms with van der Waals surface area (Å²) in [5.74, 6) is -0.203. The molecule has 3 heterocycles. The van der Waals surface area contributed by atoms with Crippen LogP contribution in [0.25, 0.3) is 11.2 Å². The molecule has 40 heavy (non-hydrogen) atoms. The molecule has 2 saturated carbocycles. The number of hydrogen-bond acceptors (Lipinski definition) is 7. The normalized spacial score (nSPS) is 22.8. The Morgan fingerprint density at radius 3 is 2.45 bits per heavy atom. The minimum Gasteiger partial charge on any atom is -0.353 e. The third-order valence-electron chi connectivity index (χ3n) is 8.67. The highest BCUT2D eigenvalue weighted by molar-refractivity contribution is 5.79. The van der Waals surface area contributed by atoms with Gasteiger partial charge in [0.25, 0.3) is 0 Å². The molecule has 0 unspecified atom stereocenters. The van der Waals surface area contributed by atoms with E-state index in [9.17, 15) is 13.6 Å². The van der Waals surface area contributed by atoms with Gasteiger partial charge in [-0.1, -0.05) is 19.3 Å². The van der Waals surface area contributed by atoms with E-state index in [0.717, 1.165) is 70.5 Å². The molecule has 1 aliphatic heterocycles. The van der Waals surface area contributed by atoms with Crippen molar-refractivity contribution in [2.24, 2.45) is 5.92 Å². The number of fused-ring (bicyclic) bond motifs is 1. The Morgan fingerprint density at radius 2 is 1.70 bits per heavy atom. The van der Waals surface area contributed by atoms with Crippen molar-refractivity contribution in [3.63, 3.8) is 0 Å². The first-order valence-electron chi connectivity index (χ1n) is 14.8. The molecule has 0 spiro atoms. The third-order valence-corrected chi connectivity index (χ3v) is 8.67. The van der Waals surface area contributed by atoms with Crippen LogP contribution in [-0.4, -0.2) is 50.6 Å². The van der Waals surface area contributed by atoms with Gasteiger partial charge in [0.1, 0.15) is 17.2 Å². The molecule has 1 amide bonds. The predicted octanol–water partition coefficient (Wildman–Crippen LogP) is 5.19. The zero-order chi connectivity index (χ0) is 27.5. The van der Waals surface area contributed by atoms with Gasteiger partial charge in [-0.25, -0.2) is 18.7 Å². The van der Waals surface area contributed by atoms with Crippen molar-refractivity contribution in [1.29, 1.82) is 0 Å².